The van der Waals surface area contributed by atoms with E-state index in [-0.39, 0.29) is 5.97 Å². The van der Waals surface area contributed by atoms with Crippen LogP contribution in [0.3, 0.4) is 0 Å². The molecule has 0 heterocycles. The molecular formula is C15H17NO2. The van der Waals surface area contributed by atoms with Crippen molar-refractivity contribution < 1.29 is 9.53 Å². The molecule has 1 rings (SSSR count). The summed E-state index contributed by atoms with van der Waals surface area (Å²) in [6.45, 7) is 2.18. The highest BCUT2D eigenvalue weighted by Crippen LogP contribution is 2.08. The first-order valence-corrected chi connectivity index (χ1v) is 6.08. The average Bonchev–Trinajstić information content (AvgIpc) is 2.39. The minimum Gasteiger partial charge on any atom is -0.462 e. The van der Waals surface area contributed by atoms with Crippen molar-refractivity contribution in [2.75, 3.05) is 6.61 Å². The van der Waals surface area contributed by atoms with Crippen LogP contribution in [-0.4, -0.2) is 12.6 Å². The first-order chi connectivity index (χ1) is 8.77. The summed E-state index contributed by atoms with van der Waals surface area (Å²) in [7, 11) is 0. The van der Waals surface area contributed by atoms with Crippen LogP contribution in [0.1, 0.15) is 42.1 Å². The van der Waals surface area contributed by atoms with Crippen molar-refractivity contribution >= 4 is 12.0 Å². The summed E-state index contributed by atoms with van der Waals surface area (Å²) in [5.74, 6) is -0.290. The maximum absolute atomic E-state index is 11.4. The minimum atomic E-state index is -0.290. The Balaban J connectivity index is 2.50. The van der Waals surface area contributed by atoms with E-state index in [1.165, 1.54) is 0 Å². The number of rotatable bonds is 6. The van der Waals surface area contributed by atoms with Gasteiger partial charge in [0.05, 0.1) is 18.2 Å². The van der Waals surface area contributed by atoms with Crippen molar-refractivity contribution in [1.82, 2.24) is 0 Å². The van der Waals surface area contributed by atoms with Gasteiger partial charge in [0.1, 0.15) is 0 Å². The summed E-state index contributed by atoms with van der Waals surface area (Å²) >= 11 is 0. The highest BCUT2D eigenvalue weighted by molar-refractivity contribution is 5.89. The molecule has 3 nitrogen and oxygen atoms in total. The molecule has 0 aliphatic carbocycles. The van der Waals surface area contributed by atoms with Crippen LogP contribution in [0, 0.1) is 11.3 Å². The largest absolute Gasteiger partial charge is 0.462 e. The van der Waals surface area contributed by atoms with Crippen LogP contribution >= 0.6 is 0 Å². The number of nitrogens with zero attached hydrogens (tertiary/aromatic N) is 1. The van der Waals surface area contributed by atoms with Crippen molar-refractivity contribution in [2.24, 2.45) is 0 Å². The number of unbranched alkanes of at least 4 members (excludes halogenated alkanes) is 2. The van der Waals surface area contributed by atoms with E-state index in [0.29, 0.717) is 18.6 Å². The normalized spacial score (nSPS) is 10.2. The predicted molar refractivity (Wildman–Crippen MR) is 70.9 cm³/mol. The number of allylic oxidation sites excluding steroid dienone is 1. The fourth-order valence-electron chi connectivity index (χ4n) is 1.46. The van der Waals surface area contributed by atoms with Crippen LogP contribution in [-0.2, 0) is 4.74 Å². The van der Waals surface area contributed by atoms with Crippen LogP contribution in [0.5, 0.6) is 0 Å². The van der Waals surface area contributed by atoms with Crippen molar-refractivity contribution in [3.63, 3.8) is 0 Å². The molecule has 1 aromatic rings. The summed E-state index contributed by atoms with van der Waals surface area (Å²) in [6, 6.07) is 9.39. The summed E-state index contributed by atoms with van der Waals surface area (Å²) in [5.41, 5.74) is 1.61. The van der Waals surface area contributed by atoms with Crippen LogP contribution in [0.4, 0.5) is 0 Å². The molecule has 3 heteroatoms. The van der Waals surface area contributed by atoms with Gasteiger partial charge < -0.3 is 4.74 Å². The van der Waals surface area contributed by atoms with Crippen LogP contribution in [0.2, 0.25) is 0 Å². The average molecular weight is 243 g/mol. The molecule has 0 unspecified atom stereocenters. The highest BCUT2D eigenvalue weighted by Gasteiger charge is 2.04. The second-order valence-electron chi connectivity index (χ2n) is 3.80. The van der Waals surface area contributed by atoms with Crippen molar-refractivity contribution in [3.05, 3.63) is 41.5 Å². The number of benzene rings is 1. The Bertz CT molecular complexity index is 441. The number of carbonyl (C=O) groups excluding carboxylic acids is 1. The predicted octanol–water partition coefficient (Wildman–Crippen LogP) is 3.57. The smallest absolute Gasteiger partial charge is 0.338 e. The number of esters is 1. The Morgan fingerprint density at radius 2 is 2.11 bits per heavy atom. The second-order valence-corrected chi connectivity index (χ2v) is 3.80. The van der Waals surface area contributed by atoms with Gasteiger partial charge in [0.2, 0.25) is 0 Å². The lowest BCUT2D eigenvalue weighted by Crippen LogP contribution is -2.03. The molecule has 0 aromatic heterocycles. The third kappa shape index (κ3) is 4.84. The number of carbonyl (C=O) groups is 1. The molecule has 0 atom stereocenters. The molecule has 0 aliphatic heterocycles. The second kappa shape index (κ2) is 8.08. The molecule has 0 amide bonds. The standard InChI is InChI=1S/C15H17NO2/c1-2-18-15(17)14-10-8-13(9-11-14)7-5-3-4-6-12-16/h5,7-11H,2-4,6H2,1H3/b7-5+. The fraction of sp³-hybridized carbons (Fsp3) is 0.333. The van der Waals surface area contributed by atoms with Gasteiger partial charge in [-0.15, -0.1) is 0 Å². The van der Waals surface area contributed by atoms with E-state index in [4.69, 9.17) is 10.00 Å². The Labute approximate surface area is 108 Å². The van der Waals surface area contributed by atoms with Crippen molar-refractivity contribution in [1.29, 1.82) is 5.26 Å². The van der Waals surface area contributed by atoms with E-state index in [1.807, 2.05) is 24.3 Å². The zero-order chi connectivity index (χ0) is 13.2. The van der Waals surface area contributed by atoms with Gasteiger partial charge in [0.15, 0.2) is 0 Å². The van der Waals surface area contributed by atoms with Crippen LogP contribution < -0.4 is 0 Å². The lowest BCUT2D eigenvalue weighted by molar-refractivity contribution is 0.0526. The number of hydrogen-bond acceptors (Lipinski definition) is 3. The summed E-state index contributed by atoms with van der Waals surface area (Å²) in [5, 5.41) is 8.39. The fourth-order valence-corrected chi connectivity index (χ4v) is 1.46. The Morgan fingerprint density at radius 3 is 2.72 bits per heavy atom. The van der Waals surface area contributed by atoms with Crippen LogP contribution in [0.25, 0.3) is 6.08 Å². The zero-order valence-electron chi connectivity index (χ0n) is 10.6. The molecule has 0 saturated carbocycles. The monoisotopic (exact) mass is 243 g/mol. The van der Waals surface area contributed by atoms with Crippen LogP contribution in [0.15, 0.2) is 30.3 Å². The van der Waals surface area contributed by atoms with E-state index >= 15 is 0 Å². The van der Waals surface area contributed by atoms with Crippen molar-refractivity contribution in [2.45, 2.75) is 26.2 Å². The van der Waals surface area contributed by atoms with Gasteiger partial charge >= 0.3 is 5.97 Å². The molecule has 94 valence electrons. The van der Waals surface area contributed by atoms with Gasteiger partial charge in [0.25, 0.3) is 0 Å². The van der Waals surface area contributed by atoms with Gasteiger partial charge in [-0.05, 0) is 37.5 Å². The number of hydrogen-bond donors (Lipinski definition) is 0. The first kappa shape index (κ1) is 14.0. The van der Waals surface area contributed by atoms with Gasteiger partial charge in [-0.3, -0.25) is 0 Å². The molecule has 0 N–H and O–H groups in total. The molecule has 0 aliphatic rings. The first-order valence-electron chi connectivity index (χ1n) is 6.08. The summed E-state index contributed by atoms with van der Waals surface area (Å²) in [4.78, 5) is 11.4. The van der Waals surface area contributed by atoms with Gasteiger partial charge in [0, 0.05) is 6.42 Å². The maximum Gasteiger partial charge on any atom is 0.338 e. The lowest BCUT2D eigenvalue weighted by Gasteiger charge is -2.01. The van der Waals surface area contributed by atoms with Gasteiger partial charge in [-0.1, -0.05) is 24.3 Å². The molecule has 0 fully saturated rings. The number of ether oxygens (including phenoxy) is 1. The highest BCUT2D eigenvalue weighted by atomic mass is 16.5. The summed E-state index contributed by atoms with van der Waals surface area (Å²) < 4.78 is 4.91. The third-order valence-corrected chi connectivity index (χ3v) is 2.39. The minimum absolute atomic E-state index is 0.290. The molecule has 18 heavy (non-hydrogen) atoms. The molecular weight excluding hydrogens is 226 g/mol. The Kier molecular flexibility index (Phi) is 6.27. The number of nitriles is 1. The van der Waals surface area contributed by atoms with Gasteiger partial charge in [-0.2, -0.15) is 5.26 Å². The van der Waals surface area contributed by atoms with E-state index < -0.39 is 0 Å². The molecule has 1 aromatic carbocycles. The maximum atomic E-state index is 11.4. The lowest BCUT2D eigenvalue weighted by atomic mass is 10.1. The molecule has 0 radical (unpaired) electrons. The van der Waals surface area contributed by atoms with Gasteiger partial charge in [-0.25, -0.2) is 4.79 Å². The molecule has 0 saturated heterocycles. The van der Waals surface area contributed by atoms with E-state index in [2.05, 4.69) is 6.07 Å². The summed E-state index contributed by atoms with van der Waals surface area (Å²) in [6.07, 6.45) is 6.40. The molecule has 0 spiro atoms. The zero-order valence-corrected chi connectivity index (χ0v) is 10.6. The SMILES string of the molecule is CCOC(=O)c1ccc(/C=C/CCCC#N)cc1. The Morgan fingerprint density at radius 1 is 1.39 bits per heavy atom. The topological polar surface area (TPSA) is 50.1 Å². The quantitative estimate of drug-likeness (QED) is 0.567. The molecule has 0 bridgehead atoms. The Hall–Kier alpha value is -2.08. The van der Waals surface area contributed by atoms with E-state index in [1.54, 1.807) is 19.1 Å². The van der Waals surface area contributed by atoms with E-state index in [0.717, 1.165) is 18.4 Å². The third-order valence-electron chi connectivity index (χ3n) is 2.39. The van der Waals surface area contributed by atoms with Crippen molar-refractivity contribution in [3.8, 4) is 6.07 Å². The van der Waals surface area contributed by atoms with E-state index in [9.17, 15) is 4.79 Å².